The molecular weight excluding hydrogens is 280 g/mol. The zero-order valence-corrected chi connectivity index (χ0v) is 13.1. The van der Waals surface area contributed by atoms with Crippen LogP contribution in [0.3, 0.4) is 0 Å². The fraction of sp³-hybridized carbons (Fsp3) is 0.500. The van der Waals surface area contributed by atoms with Gasteiger partial charge in [0.2, 0.25) is 5.91 Å². The summed E-state index contributed by atoms with van der Waals surface area (Å²) in [6.07, 6.45) is 7.41. The summed E-state index contributed by atoms with van der Waals surface area (Å²) in [7, 11) is 2.00. The number of hydrogen-bond donors (Lipinski definition) is 0. The average Bonchev–Trinajstić information content (AvgIpc) is 3.18. The summed E-state index contributed by atoms with van der Waals surface area (Å²) in [6.45, 7) is 5.45. The van der Waals surface area contributed by atoms with Gasteiger partial charge in [0, 0.05) is 39.1 Å². The van der Waals surface area contributed by atoms with Crippen molar-refractivity contribution >= 4 is 5.91 Å². The van der Waals surface area contributed by atoms with Crippen molar-refractivity contribution in [1.82, 2.24) is 19.4 Å². The Morgan fingerprint density at radius 2 is 2.32 bits per heavy atom. The molecular formula is C16H22N4O2. The summed E-state index contributed by atoms with van der Waals surface area (Å²) in [5.74, 6) is 1.17. The second kappa shape index (κ2) is 6.36. The van der Waals surface area contributed by atoms with Crippen LogP contribution in [0.5, 0.6) is 0 Å². The van der Waals surface area contributed by atoms with E-state index in [1.807, 2.05) is 35.0 Å². The fourth-order valence-electron chi connectivity index (χ4n) is 3.05. The number of furan rings is 1. The molecule has 1 aliphatic rings. The van der Waals surface area contributed by atoms with Crippen molar-refractivity contribution in [3.63, 3.8) is 0 Å². The molecule has 118 valence electrons. The first-order chi connectivity index (χ1) is 10.7. The number of nitrogens with zero attached hydrogens (tertiary/aromatic N) is 4. The molecule has 0 spiro atoms. The van der Waals surface area contributed by atoms with Gasteiger partial charge in [-0.25, -0.2) is 4.98 Å². The van der Waals surface area contributed by atoms with Crippen LogP contribution >= 0.6 is 0 Å². The maximum Gasteiger partial charge on any atom is 0.227 e. The second-order valence-electron chi connectivity index (χ2n) is 5.69. The van der Waals surface area contributed by atoms with Gasteiger partial charge in [-0.2, -0.15) is 0 Å². The molecule has 0 aromatic carbocycles. The van der Waals surface area contributed by atoms with Crippen molar-refractivity contribution in [2.24, 2.45) is 7.05 Å². The maximum absolute atomic E-state index is 12.5. The predicted molar refractivity (Wildman–Crippen MR) is 82.2 cm³/mol. The van der Waals surface area contributed by atoms with Crippen LogP contribution in [-0.2, 0) is 18.3 Å². The van der Waals surface area contributed by atoms with E-state index < -0.39 is 0 Å². The van der Waals surface area contributed by atoms with Crippen LogP contribution in [0.25, 0.3) is 0 Å². The smallest absolute Gasteiger partial charge is 0.227 e. The van der Waals surface area contributed by atoms with E-state index in [1.165, 1.54) is 0 Å². The monoisotopic (exact) mass is 302 g/mol. The number of carbonyl (C=O) groups excluding carboxylic acids is 1. The summed E-state index contributed by atoms with van der Waals surface area (Å²) in [5, 5.41) is 0. The number of aromatic nitrogens is 2. The molecule has 0 radical (unpaired) electrons. The van der Waals surface area contributed by atoms with Crippen molar-refractivity contribution in [3.8, 4) is 0 Å². The van der Waals surface area contributed by atoms with Crippen molar-refractivity contribution < 1.29 is 9.21 Å². The van der Waals surface area contributed by atoms with E-state index in [0.29, 0.717) is 13.0 Å². The third kappa shape index (κ3) is 2.92. The van der Waals surface area contributed by atoms with Crippen LogP contribution in [0.15, 0.2) is 35.4 Å². The van der Waals surface area contributed by atoms with Crippen LogP contribution in [-0.4, -0.2) is 51.4 Å². The van der Waals surface area contributed by atoms with Gasteiger partial charge in [0.25, 0.3) is 0 Å². The minimum Gasteiger partial charge on any atom is -0.472 e. The highest BCUT2D eigenvalue weighted by Gasteiger charge is 2.31. The second-order valence-corrected chi connectivity index (χ2v) is 5.69. The van der Waals surface area contributed by atoms with Gasteiger partial charge < -0.3 is 13.9 Å². The number of piperazine rings is 1. The highest BCUT2D eigenvalue weighted by Crippen LogP contribution is 2.24. The molecule has 0 N–H and O–H groups in total. The Labute approximate surface area is 130 Å². The Hall–Kier alpha value is -2.08. The Morgan fingerprint density at radius 1 is 1.45 bits per heavy atom. The fourth-order valence-corrected chi connectivity index (χ4v) is 3.05. The molecule has 1 saturated heterocycles. The van der Waals surface area contributed by atoms with E-state index in [0.717, 1.165) is 31.0 Å². The molecule has 6 heteroatoms. The largest absolute Gasteiger partial charge is 0.472 e. The first kappa shape index (κ1) is 14.8. The van der Waals surface area contributed by atoms with E-state index in [-0.39, 0.29) is 11.9 Å². The topological polar surface area (TPSA) is 54.5 Å². The van der Waals surface area contributed by atoms with Gasteiger partial charge in [-0.15, -0.1) is 0 Å². The van der Waals surface area contributed by atoms with Crippen molar-refractivity contribution in [2.45, 2.75) is 19.4 Å². The number of imidazole rings is 1. The van der Waals surface area contributed by atoms with Gasteiger partial charge in [0.15, 0.2) is 0 Å². The standard InChI is InChI=1S/C16H22N4O2/c1-3-19-7-8-20(15(21)10-13-4-9-22-12-13)11-14(19)16-17-5-6-18(16)2/h4-6,9,12,14H,3,7-8,10-11H2,1-2H3/t14-/m0/s1. The van der Waals surface area contributed by atoms with Gasteiger partial charge >= 0.3 is 0 Å². The zero-order valence-electron chi connectivity index (χ0n) is 13.1. The first-order valence-electron chi connectivity index (χ1n) is 7.69. The lowest BCUT2D eigenvalue weighted by atomic mass is 10.1. The summed E-state index contributed by atoms with van der Waals surface area (Å²) in [5.41, 5.74) is 0.927. The number of likely N-dealkylation sites (N-methyl/N-ethyl adjacent to an activating group) is 1. The molecule has 1 fully saturated rings. The van der Waals surface area contributed by atoms with E-state index in [2.05, 4.69) is 16.8 Å². The molecule has 1 aliphatic heterocycles. The molecule has 22 heavy (non-hydrogen) atoms. The first-order valence-corrected chi connectivity index (χ1v) is 7.69. The van der Waals surface area contributed by atoms with Gasteiger partial charge in [-0.3, -0.25) is 9.69 Å². The Balaban J connectivity index is 1.73. The number of hydrogen-bond acceptors (Lipinski definition) is 4. The van der Waals surface area contributed by atoms with Crippen LogP contribution in [0.4, 0.5) is 0 Å². The molecule has 6 nitrogen and oxygen atoms in total. The van der Waals surface area contributed by atoms with Crippen LogP contribution < -0.4 is 0 Å². The molecule has 3 rings (SSSR count). The van der Waals surface area contributed by atoms with Crippen molar-refractivity contribution in [3.05, 3.63) is 42.4 Å². The zero-order chi connectivity index (χ0) is 15.5. The number of amides is 1. The van der Waals surface area contributed by atoms with Crippen LogP contribution in [0.2, 0.25) is 0 Å². The van der Waals surface area contributed by atoms with Crippen molar-refractivity contribution in [2.75, 3.05) is 26.2 Å². The van der Waals surface area contributed by atoms with Crippen LogP contribution in [0, 0.1) is 0 Å². The van der Waals surface area contributed by atoms with Gasteiger partial charge in [-0.05, 0) is 18.2 Å². The molecule has 0 aliphatic carbocycles. The lowest BCUT2D eigenvalue weighted by Crippen LogP contribution is -2.51. The summed E-state index contributed by atoms with van der Waals surface area (Å²) in [4.78, 5) is 21.3. The lowest BCUT2D eigenvalue weighted by molar-refractivity contribution is -0.133. The summed E-state index contributed by atoms with van der Waals surface area (Å²) >= 11 is 0. The van der Waals surface area contributed by atoms with E-state index in [1.54, 1.807) is 12.5 Å². The van der Waals surface area contributed by atoms with Crippen LogP contribution in [0.1, 0.15) is 24.4 Å². The number of rotatable bonds is 4. The van der Waals surface area contributed by atoms with E-state index in [9.17, 15) is 4.79 Å². The Bertz CT molecular complexity index is 620. The Kier molecular flexibility index (Phi) is 4.29. The lowest BCUT2D eigenvalue weighted by Gasteiger charge is -2.40. The molecule has 2 aromatic heterocycles. The predicted octanol–water partition coefficient (Wildman–Crippen LogP) is 1.46. The van der Waals surface area contributed by atoms with E-state index in [4.69, 9.17) is 4.42 Å². The SMILES string of the molecule is CCN1CCN(C(=O)Cc2ccoc2)C[C@H]1c1nccn1C. The molecule has 3 heterocycles. The third-order valence-corrected chi connectivity index (χ3v) is 4.34. The van der Waals surface area contributed by atoms with Gasteiger partial charge in [0.1, 0.15) is 5.82 Å². The van der Waals surface area contributed by atoms with E-state index >= 15 is 0 Å². The Morgan fingerprint density at radius 3 is 2.95 bits per heavy atom. The minimum absolute atomic E-state index is 0.149. The molecule has 1 atom stereocenters. The molecule has 0 bridgehead atoms. The number of aryl methyl sites for hydroxylation is 1. The summed E-state index contributed by atoms with van der Waals surface area (Å²) in [6, 6.07) is 2.00. The third-order valence-electron chi connectivity index (χ3n) is 4.34. The highest BCUT2D eigenvalue weighted by atomic mass is 16.3. The van der Waals surface area contributed by atoms with Crippen molar-refractivity contribution in [1.29, 1.82) is 0 Å². The maximum atomic E-state index is 12.5. The molecule has 1 amide bonds. The highest BCUT2D eigenvalue weighted by molar-refractivity contribution is 5.78. The molecule has 0 unspecified atom stereocenters. The average molecular weight is 302 g/mol. The summed E-state index contributed by atoms with van der Waals surface area (Å²) < 4.78 is 7.08. The minimum atomic E-state index is 0.149. The molecule has 0 saturated carbocycles. The quantitative estimate of drug-likeness (QED) is 0.858. The number of carbonyl (C=O) groups is 1. The van der Waals surface area contributed by atoms with Gasteiger partial charge in [-0.1, -0.05) is 6.92 Å². The molecule has 2 aromatic rings. The normalized spacial score (nSPS) is 19.5. The van der Waals surface area contributed by atoms with Gasteiger partial charge in [0.05, 0.1) is 25.0 Å².